The smallest absolute Gasteiger partial charge is 0.212 e. The molecule has 0 unspecified atom stereocenters. The van der Waals surface area contributed by atoms with Gasteiger partial charge in [0.25, 0.3) is 0 Å². The Kier molecular flexibility index (Phi) is 4.50. The van der Waals surface area contributed by atoms with Gasteiger partial charge in [0.15, 0.2) is 0 Å². The maximum Gasteiger partial charge on any atom is 0.216 e. The number of hydrogen-bond donors (Lipinski definition) is 1. The van der Waals surface area contributed by atoms with E-state index in [2.05, 4.69) is 27.2 Å². The molecular weight excluding hydrogens is 278 g/mol. The quantitative estimate of drug-likeness (QED) is 0.901. The summed E-state index contributed by atoms with van der Waals surface area (Å²) in [5.41, 5.74) is 0.769. The number of nitrogens with one attached hydrogen (secondary N) is 1. The molecule has 0 spiro atoms. The molecule has 0 amide bonds. The van der Waals surface area contributed by atoms with Crippen LogP contribution in [0.1, 0.15) is 5.56 Å². The van der Waals surface area contributed by atoms with E-state index < -0.39 is 10.0 Å². The zero-order chi connectivity index (χ0) is 11.3. The van der Waals surface area contributed by atoms with Crippen LogP contribution in [0.3, 0.4) is 0 Å². The number of rotatable bonds is 5. The van der Waals surface area contributed by atoms with Crippen LogP contribution in [0.25, 0.3) is 0 Å². The molecule has 0 saturated heterocycles. The minimum Gasteiger partial charge on any atom is -0.212 e. The second-order valence-corrected chi connectivity index (χ2v) is 6.01. The third-order valence-corrected chi connectivity index (χ3v) is 3.26. The second kappa shape index (κ2) is 5.44. The monoisotopic (exact) mass is 289 g/mol. The minimum absolute atomic E-state index is 0.00583. The van der Waals surface area contributed by atoms with Crippen LogP contribution < -0.4 is 4.72 Å². The van der Waals surface area contributed by atoms with Crippen LogP contribution in [-0.4, -0.2) is 15.0 Å². The highest BCUT2D eigenvalue weighted by molar-refractivity contribution is 9.11. The average Bonchev–Trinajstić information content (AvgIpc) is 2.16. The molecule has 0 aromatic heterocycles. The summed E-state index contributed by atoms with van der Waals surface area (Å²) in [6.07, 6.45) is 0. The first-order valence-corrected chi connectivity index (χ1v) is 6.79. The highest BCUT2D eigenvalue weighted by atomic mass is 79.9. The van der Waals surface area contributed by atoms with Crippen LogP contribution in [0.15, 0.2) is 41.4 Å². The van der Waals surface area contributed by atoms with Crippen LogP contribution in [-0.2, 0) is 15.8 Å². The molecule has 1 aromatic rings. The van der Waals surface area contributed by atoms with Gasteiger partial charge in [-0.25, -0.2) is 13.1 Å². The lowest BCUT2D eigenvalue weighted by Gasteiger charge is -2.05. The Labute approximate surface area is 98.4 Å². The van der Waals surface area contributed by atoms with Crippen molar-refractivity contribution >= 4 is 26.0 Å². The molecule has 0 aliphatic rings. The summed E-state index contributed by atoms with van der Waals surface area (Å²) in [6, 6.07) is 9.04. The van der Waals surface area contributed by atoms with E-state index in [1.54, 1.807) is 12.1 Å². The van der Waals surface area contributed by atoms with Crippen LogP contribution in [0.5, 0.6) is 0 Å². The van der Waals surface area contributed by atoms with Crippen LogP contribution in [0, 0.1) is 0 Å². The van der Waals surface area contributed by atoms with Gasteiger partial charge in [-0.15, -0.1) is 0 Å². The minimum atomic E-state index is -3.27. The van der Waals surface area contributed by atoms with Gasteiger partial charge < -0.3 is 0 Å². The van der Waals surface area contributed by atoms with Crippen molar-refractivity contribution in [1.82, 2.24) is 4.72 Å². The van der Waals surface area contributed by atoms with E-state index in [1.807, 2.05) is 18.2 Å². The molecule has 0 aliphatic heterocycles. The van der Waals surface area contributed by atoms with E-state index in [0.717, 1.165) is 5.56 Å². The van der Waals surface area contributed by atoms with Gasteiger partial charge in [-0.3, -0.25) is 0 Å². The molecule has 0 radical (unpaired) electrons. The largest absolute Gasteiger partial charge is 0.216 e. The molecule has 0 atom stereocenters. The van der Waals surface area contributed by atoms with Crippen molar-refractivity contribution < 1.29 is 8.42 Å². The van der Waals surface area contributed by atoms with Crippen molar-refractivity contribution in [2.24, 2.45) is 0 Å². The summed E-state index contributed by atoms with van der Waals surface area (Å²) in [4.78, 5) is 0. The number of benzene rings is 1. The van der Waals surface area contributed by atoms with Gasteiger partial charge in [0, 0.05) is 11.0 Å². The van der Waals surface area contributed by atoms with Gasteiger partial charge >= 0.3 is 0 Å². The highest BCUT2D eigenvalue weighted by Crippen LogP contribution is 2.05. The molecule has 0 aliphatic carbocycles. The summed E-state index contributed by atoms with van der Waals surface area (Å²) in [5, 5.41) is 0. The Balaban J connectivity index is 2.61. The molecule has 1 N–H and O–H groups in total. The van der Waals surface area contributed by atoms with Crippen molar-refractivity contribution in [3.05, 3.63) is 47.0 Å². The Morgan fingerprint density at radius 3 is 2.47 bits per heavy atom. The molecular formula is C10H12BrNO2S. The molecule has 0 fully saturated rings. The predicted molar refractivity (Wildman–Crippen MR) is 65.1 cm³/mol. The average molecular weight is 290 g/mol. The van der Waals surface area contributed by atoms with Gasteiger partial charge in [-0.2, -0.15) is 0 Å². The van der Waals surface area contributed by atoms with Crippen molar-refractivity contribution in [2.75, 3.05) is 6.54 Å². The lowest BCUT2D eigenvalue weighted by atomic mass is 10.2. The van der Waals surface area contributed by atoms with Crippen LogP contribution in [0.4, 0.5) is 0 Å². The summed E-state index contributed by atoms with van der Waals surface area (Å²) < 4.78 is 26.1. The fourth-order valence-electron chi connectivity index (χ4n) is 1.03. The maximum atomic E-state index is 11.5. The molecule has 15 heavy (non-hydrogen) atoms. The highest BCUT2D eigenvalue weighted by Gasteiger charge is 2.10. The lowest BCUT2D eigenvalue weighted by Crippen LogP contribution is -2.26. The number of halogens is 1. The van der Waals surface area contributed by atoms with Crippen LogP contribution in [0.2, 0.25) is 0 Å². The Hall–Kier alpha value is -0.650. The first-order chi connectivity index (χ1) is 6.99. The second-order valence-electron chi connectivity index (χ2n) is 3.08. The molecule has 0 heterocycles. The van der Waals surface area contributed by atoms with Crippen LogP contribution >= 0.6 is 15.9 Å². The summed E-state index contributed by atoms with van der Waals surface area (Å²) >= 11 is 3.09. The zero-order valence-corrected chi connectivity index (χ0v) is 10.5. The fourth-order valence-corrected chi connectivity index (χ4v) is 2.49. The molecule has 0 bridgehead atoms. The fraction of sp³-hybridized carbons (Fsp3) is 0.200. The van der Waals surface area contributed by atoms with Gasteiger partial charge in [-0.1, -0.05) is 52.8 Å². The molecule has 0 saturated carbocycles. The number of sulfonamides is 1. The van der Waals surface area contributed by atoms with Crippen molar-refractivity contribution in [3.63, 3.8) is 0 Å². The van der Waals surface area contributed by atoms with E-state index in [4.69, 9.17) is 0 Å². The number of hydrogen-bond acceptors (Lipinski definition) is 2. The van der Waals surface area contributed by atoms with Gasteiger partial charge in [0.1, 0.15) is 0 Å². The molecule has 3 nitrogen and oxygen atoms in total. The van der Waals surface area contributed by atoms with E-state index in [-0.39, 0.29) is 12.3 Å². The SMILES string of the molecule is C=C(Br)CNS(=O)(=O)Cc1ccccc1. The van der Waals surface area contributed by atoms with E-state index in [9.17, 15) is 8.42 Å². The summed E-state index contributed by atoms with van der Waals surface area (Å²) in [7, 11) is -3.27. The first-order valence-electron chi connectivity index (χ1n) is 4.34. The van der Waals surface area contributed by atoms with Crippen molar-refractivity contribution in [3.8, 4) is 0 Å². The van der Waals surface area contributed by atoms with Crippen molar-refractivity contribution in [2.45, 2.75) is 5.75 Å². The maximum absolute atomic E-state index is 11.5. The zero-order valence-electron chi connectivity index (χ0n) is 8.11. The van der Waals surface area contributed by atoms with Gasteiger partial charge in [0.2, 0.25) is 10.0 Å². The third-order valence-electron chi connectivity index (χ3n) is 1.68. The Bertz CT molecular complexity index is 428. The third kappa shape index (κ3) is 5.11. The van der Waals surface area contributed by atoms with E-state index in [0.29, 0.717) is 4.48 Å². The Morgan fingerprint density at radius 1 is 1.33 bits per heavy atom. The molecule has 5 heteroatoms. The summed E-state index contributed by atoms with van der Waals surface area (Å²) in [6.45, 7) is 3.77. The molecule has 1 rings (SSSR count). The summed E-state index contributed by atoms with van der Waals surface area (Å²) in [5.74, 6) is -0.00583. The standard InChI is InChI=1S/C10H12BrNO2S/c1-9(11)7-12-15(13,14)8-10-5-3-2-4-6-10/h2-6,12H,1,7-8H2. The lowest BCUT2D eigenvalue weighted by molar-refractivity contribution is 0.584. The molecule has 1 aromatic carbocycles. The van der Waals surface area contributed by atoms with E-state index in [1.165, 1.54) is 0 Å². The normalized spacial score (nSPS) is 11.3. The predicted octanol–water partition coefficient (Wildman–Crippen LogP) is 2.01. The molecule has 82 valence electrons. The van der Waals surface area contributed by atoms with Crippen molar-refractivity contribution in [1.29, 1.82) is 0 Å². The topological polar surface area (TPSA) is 46.2 Å². The van der Waals surface area contributed by atoms with Gasteiger partial charge in [-0.05, 0) is 5.56 Å². The Morgan fingerprint density at radius 2 is 1.93 bits per heavy atom. The van der Waals surface area contributed by atoms with Gasteiger partial charge in [0.05, 0.1) is 5.75 Å². The van der Waals surface area contributed by atoms with E-state index >= 15 is 0 Å². The first kappa shape index (κ1) is 12.4.